The van der Waals surface area contributed by atoms with Crippen LogP contribution in [0, 0.1) is 13.8 Å². The third-order valence-electron chi connectivity index (χ3n) is 5.44. The molecule has 5 rings (SSSR count). The number of carbonyl (C=O) groups excluding carboxylic acids is 1. The predicted octanol–water partition coefficient (Wildman–Crippen LogP) is 5.14. The number of nitrogens with one attached hydrogen (secondary N) is 1. The second-order valence-corrected chi connectivity index (χ2v) is 8.71. The van der Waals surface area contributed by atoms with Gasteiger partial charge in [0.1, 0.15) is 18.2 Å². The van der Waals surface area contributed by atoms with Gasteiger partial charge in [-0.15, -0.1) is 0 Å². The molecule has 1 amide bonds. The smallest absolute Gasteiger partial charge is 0.226 e. The molecule has 1 aliphatic rings. The first-order valence-electron chi connectivity index (χ1n) is 10.1. The summed E-state index contributed by atoms with van der Waals surface area (Å²) in [5, 5.41) is 8.55. The number of benzene rings is 2. The van der Waals surface area contributed by atoms with Gasteiger partial charge in [0, 0.05) is 17.9 Å². The van der Waals surface area contributed by atoms with Crippen LogP contribution in [0.5, 0.6) is 5.75 Å². The standard InChI is InChI=1S/C24H22N4O2S/c1-4-10-30-17-7-5-6-16(12-17)18-13-21(29)26-23-22(18)15(3)27-28(23)24-25-19-9-8-14(2)11-20(19)31-24/h4-9,11-12,18H,1,10,13H2,2-3H3,(H,26,29)/t18-/m0/s1. The molecular formula is C24H22N4O2S. The molecule has 0 aliphatic carbocycles. The van der Waals surface area contributed by atoms with Gasteiger partial charge in [-0.05, 0) is 49.2 Å². The highest BCUT2D eigenvalue weighted by atomic mass is 32.1. The summed E-state index contributed by atoms with van der Waals surface area (Å²) in [6, 6.07) is 14.1. The summed E-state index contributed by atoms with van der Waals surface area (Å²) < 4.78 is 8.57. The Morgan fingerprint density at radius 2 is 2.16 bits per heavy atom. The van der Waals surface area contributed by atoms with Crippen LogP contribution in [-0.2, 0) is 4.79 Å². The van der Waals surface area contributed by atoms with Crippen LogP contribution in [0.25, 0.3) is 15.3 Å². The lowest BCUT2D eigenvalue weighted by Crippen LogP contribution is -2.25. The molecule has 0 radical (unpaired) electrons. The van der Waals surface area contributed by atoms with Crippen molar-refractivity contribution in [3.8, 4) is 10.9 Å². The van der Waals surface area contributed by atoms with E-state index in [1.807, 2.05) is 37.3 Å². The number of aryl methyl sites for hydroxylation is 2. The predicted molar refractivity (Wildman–Crippen MR) is 123 cm³/mol. The van der Waals surface area contributed by atoms with E-state index >= 15 is 0 Å². The molecule has 1 aliphatic heterocycles. The lowest BCUT2D eigenvalue weighted by Gasteiger charge is -2.24. The molecule has 0 unspecified atom stereocenters. The molecule has 3 heterocycles. The van der Waals surface area contributed by atoms with E-state index in [1.165, 1.54) is 5.56 Å². The second kappa shape index (κ2) is 7.67. The van der Waals surface area contributed by atoms with Crippen LogP contribution in [0.15, 0.2) is 55.1 Å². The van der Waals surface area contributed by atoms with E-state index in [0.717, 1.165) is 37.9 Å². The summed E-state index contributed by atoms with van der Waals surface area (Å²) in [5.74, 6) is 1.33. The Hall–Kier alpha value is -3.45. The third-order valence-corrected chi connectivity index (χ3v) is 6.44. The first-order valence-corrected chi connectivity index (χ1v) is 11.0. The topological polar surface area (TPSA) is 69.0 Å². The molecular weight excluding hydrogens is 408 g/mol. The molecule has 0 fully saturated rings. The van der Waals surface area contributed by atoms with Crippen LogP contribution in [0.1, 0.15) is 34.7 Å². The van der Waals surface area contributed by atoms with Gasteiger partial charge in [0.05, 0.1) is 15.9 Å². The molecule has 156 valence electrons. The molecule has 0 spiro atoms. The first-order chi connectivity index (χ1) is 15.0. The summed E-state index contributed by atoms with van der Waals surface area (Å²) >= 11 is 1.57. The van der Waals surface area contributed by atoms with Crippen LogP contribution in [0.4, 0.5) is 5.82 Å². The lowest BCUT2D eigenvalue weighted by atomic mass is 9.86. The van der Waals surface area contributed by atoms with Crippen LogP contribution in [0.3, 0.4) is 0 Å². The molecule has 1 N–H and O–H groups in total. The minimum absolute atomic E-state index is 0.0342. The molecule has 0 saturated carbocycles. The van der Waals surface area contributed by atoms with E-state index in [4.69, 9.17) is 14.8 Å². The number of thiazole rings is 1. The third kappa shape index (κ3) is 3.51. The van der Waals surface area contributed by atoms with E-state index in [0.29, 0.717) is 18.8 Å². The minimum Gasteiger partial charge on any atom is -0.490 e. The van der Waals surface area contributed by atoms with Crippen molar-refractivity contribution in [2.24, 2.45) is 0 Å². The van der Waals surface area contributed by atoms with Gasteiger partial charge in [0.25, 0.3) is 0 Å². The maximum Gasteiger partial charge on any atom is 0.226 e. The van der Waals surface area contributed by atoms with Crippen LogP contribution in [0.2, 0.25) is 0 Å². The number of rotatable bonds is 5. The quantitative estimate of drug-likeness (QED) is 0.445. The summed E-state index contributed by atoms with van der Waals surface area (Å²) in [6.45, 7) is 8.18. The van der Waals surface area contributed by atoms with Gasteiger partial charge in [-0.3, -0.25) is 4.79 Å². The van der Waals surface area contributed by atoms with Gasteiger partial charge >= 0.3 is 0 Å². The average molecular weight is 431 g/mol. The molecule has 6 nitrogen and oxygen atoms in total. The lowest BCUT2D eigenvalue weighted by molar-refractivity contribution is -0.116. The largest absolute Gasteiger partial charge is 0.490 e. The number of anilines is 1. The van der Waals surface area contributed by atoms with Gasteiger partial charge < -0.3 is 10.1 Å². The number of hydrogen-bond acceptors (Lipinski definition) is 5. The average Bonchev–Trinajstić information content (AvgIpc) is 3.32. The van der Waals surface area contributed by atoms with E-state index < -0.39 is 0 Å². The maximum atomic E-state index is 12.7. The van der Waals surface area contributed by atoms with Gasteiger partial charge in [0.15, 0.2) is 0 Å². The molecule has 4 aromatic rings. The van der Waals surface area contributed by atoms with Crippen LogP contribution in [-0.4, -0.2) is 27.3 Å². The molecule has 7 heteroatoms. The molecule has 2 aromatic carbocycles. The van der Waals surface area contributed by atoms with Gasteiger partial charge in [0.2, 0.25) is 11.0 Å². The fourth-order valence-electron chi connectivity index (χ4n) is 4.06. The van der Waals surface area contributed by atoms with Crippen molar-refractivity contribution in [1.29, 1.82) is 0 Å². The van der Waals surface area contributed by atoms with Crippen molar-refractivity contribution >= 4 is 33.3 Å². The number of nitrogens with zero attached hydrogens (tertiary/aromatic N) is 3. The Morgan fingerprint density at radius 1 is 1.29 bits per heavy atom. The number of aromatic nitrogens is 3. The highest BCUT2D eigenvalue weighted by Gasteiger charge is 2.33. The van der Waals surface area contributed by atoms with Gasteiger partial charge in [-0.1, -0.05) is 42.2 Å². The summed E-state index contributed by atoms with van der Waals surface area (Å²) in [6.07, 6.45) is 2.08. The van der Waals surface area contributed by atoms with E-state index in [2.05, 4.69) is 31.0 Å². The zero-order valence-electron chi connectivity index (χ0n) is 17.4. The molecule has 2 aromatic heterocycles. The van der Waals surface area contributed by atoms with E-state index in [-0.39, 0.29) is 11.8 Å². The number of amides is 1. The van der Waals surface area contributed by atoms with Crippen molar-refractivity contribution < 1.29 is 9.53 Å². The van der Waals surface area contributed by atoms with Crippen molar-refractivity contribution in [2.45, 2.75) is 26.2 Å². The van der Waals surface area contributed by atoms with Crippen molar-refractivity contribution in [2.75, 3.05) is 11.9 Å². The Bertz CT molecular complexity index is 1320. The van der Waals surface area contributed by atoms with Crippen LogP contribution < -0.4 is 10.1 Å². The molecule has 0 saturated heterocycles. The van der Waals surface area contributed by atoms with E-state index in [1.54, 1.807) is 22.1 Å². The maximum absolute atomic E-state index is 12.7. The Labute approximate surface area is 184 Å². The van der Waals surface area contributed by atoms with Crippen LogP contribution >= 0.6 is 11.3 Å². The number of carbonyl (C=O) groups is 1. The van der Waals surface area contributed by atoms with Crippen molar-refractivity contribution in [3.05, 3.63) is 77.5 Å². The number of hydrogen-bond donors (Lipinski definition) is 1. The zero-order chi connectivity index (χ0) is 21.5. The van der Waals surface area contributed by atoms with Gasteiger partial charge in [-0.25, -0.2) is 4.98 Å². The molecule has 0 bridgehead atoms. The highest BCUT2D eigenvalue weighted by molar-refractivity contribution is 7.20. The summed E-state index contributed by atoms with van der Waals surface area (Å²) in [7, 11) is 0. The monoisotopic (exact) mass is 430 g/mol. The number of ether oxygens (including phenoxy) is 1. The Morgan fingerprint density at radius 3 is 3.00 bits per heavy atom. The first kappa shape index (κ1) is 19.5. The normalized spacial score (nSPS) is 15.5. The summed E-state index contributed by atoms with van der Waals surface area (Å²) in [4.78, 5) is 17.4. The SMILES string of the molecule is C=CCOc1cccc([C@@H]2CC(=O)Nc3c2c(C)nn3-c2nc3ccc(C)cc3s2)c1. The zero-order valence-corrected chi connectivity index (χ0v) is 18.2. The Kier molecular flexibility index (Phi) is 4.82. The van der Waals surface area contributed by atoms with Gasteiger partial charge in [-0.2, -0.15) is 9.78 Å². The van der Waals surface area contributed by atoms with E-state index in [9.17, 15) is 4.79 Å². The fourth-order valence-corrected chi connectivity index (χ4v) is 5.08. The highest BCUT2D eigenvalue weighted by Crippen LogP contribution is 2.41. The minimum atomic E-state index is -0.0959. The summed E-state index contributed by atoms with van der Waals surface area (Å²) in [5.41, 5.74) is 5.05. The second-order valence-electron chi connectivity index (χ2n) is 7.70. The molecule has 1 atom stereocenters. The Balaban J connectivity index is 1.60. The fraction of sp³-hybridized carbons (Fsp3) is 0.208. The van der Waals surface area contributed by atoms with Crippen molar-refractivity contribution in [1.82, 2.24) is 14.8 Å². The van der Waals surface area contributed by atoms with Crippen molar-refractivity contribution in [3.63, 3.8) is 0 Å². The molecule has 31 heavy (non-hydrogen) atoms. The number of fused-ring (bicyclic) bond motifs is 2.